The van der Waals surface area contributed by atoms with E-state index in [4.69, 9.17) is 4.74 Å². The zero-order valence-corrected chi connectivity index (χ0v) is 14.0. The molecular formula is C15H26N2O3S. The third-order valence-corrected chi connectivity index (χ3v) is 4.38. The molecule has 0 saturated carbocycles. The lowest BCUT2D eigenvalue weighted by molar-refractivity contribution is 0.122. The van der Waals surface area contributed by atoms with Gasteiger partial charge in [-0.1, -0.05) is 38.1 Å². The zero-order chi connectivity index (χ0) is 15.9. The minimum Gasteiger partial charge on any atom is -0.380 e. The fourth-order valence-corrected chi connectivity index (χ4v) is 2.96. The molecule has 0 aromatic heterocycles. The van der Waals surface area contributed by atoms with Gasteiger partial charge in [-0.25, -0.2) is 13.1 Å². The average molecular weight is 314 g/mol. The van der Waals surface area contributed by atoms with Gasteiger partial charge in [-0.15, -0.1) is 0 Å². The molecule has 0 bridgehead atoms. The van der Waals surface area contributed by atoms with Crippen LogP contribution in [0.15, 0.2) is 24.3 Å². The Balaban J connectivity index is 2.63. The van der Waals surface area contributed by atoms with Crippen molar-refractivity contribution in [3.63, 3.8) is 0 Å². The molecule has 0 aliphatic carbocycles. The van der Waals surface area contributed by atoms with Gasteiger partial charge in [-0.2, -0.15) is 0 Å². The van der Waals surface area contributed by atoms with Gasteiger partial charge in [0.15, 0.2) is 0 Å². The Bertz CT molecular complexity index is 529. The van der Waals surface area contributed by atoms with Gasteiger partial charge in [0.1, 0.15) is 0 Å². The number of sulfonamides is 1. The molecule has 120 valence electrons. The first-order valence-electron chi connectivity index (χ1n) is 7.13. The van der Waals surface area contributed by atoms with E-state index in [1.54, 1.807) is 7.11 Å². The van der Waals surface area contributed by atoms with Gasteiger partial charge in [-0.3, -0.25) is 0 Å². The topological polar surface area (TPSA) is 67.4 Å². The highest BCUT2D eigenvalue weighted by Crippen LogP contribution is 2.09. The van der Waals surface area contributed by atoms with Gasteiger partial charge in [0.2, 0.25) is 10.0 Å². The van der Waals surface area contributed by atoms with Crippen LogP contribution in [0.4, 0.5) is 0 Å². The van der Waals surface area contributed by atoms with E-state index >= 15 is 0 Å². The number of hydrogen-bond donors (Lipinski definition) is 2. The van der Waals surface area contributed by atoms with Crippen molar-refractivity contribution in [1.29, 1.82) is 0 Å². The third kappa shape index (κ3) is 7.57. The molecule has 6 heteroatoms. The first-order valence-corrected chi connectivity index (χ1v) is 8.79. The predicted molar refractivity (Wildman–Crippen MR) is 85.5 cm³/mol. The van der Waals surface area contributed by atoms with Crippen LogP contribution in [0.3, 0.4) is 0 Å². The SMILES string of the molecule is COC(C)CNS(=O)(=O)Cc1cccc(CNC(C)C)c1. The van der Waals surface area contributed by atoms with E-state index < -0.39 is 10.0 Å². The van der Waals surface area contributed by atoms with Crippen LogP contribution in [-0.4, -0.2) is 34.2 Å². The van der Waals surface area contributed by atoms with Crippen molar-refractivity contribution >= 4 is 10.0 Å². The third-order valence-electron chi connectivity index (χ3n) is 3.06. The molecule has 0 saturated heterocycles. The molecule has 0 spiro atoms. The van der Waals surface area contributed by atoms with Crippen molar-refractivity contribution in [2.45, 2.75) is 45.2 Å². The lowest BCUT2D eigenvalue weighted by atomic mass is 10.1. The molecule has 1 aromatic rings. The Morgan fingerprint density at radius 3 is 2.48 bits per heavy atom. The van der Waals surface area contributed by atoms with E-state index in [0.29, 0.717) is 6.04 Å². The van der Waals surface area contributed by atoms with Gasteiger partial charge in [0, 0.05) is 26.2 Å². The predicted octanol–water partition coefficient (Wildman–Crippen LogP) is 1.64. The lowest BCUT2D eigenvalue weighted by Crippen LogP contribution is -2.32. The fraction of sp³-hybridized carbons (Fsp3) is 0.600. The summed E-state index contributed by atoms with van der Waals surface area (Å²) < 4.78 is 31.6. The standard InChI is InChI=1S/C15H26N2O3S/c1-12(2)16-10-14-6-5-7-15(8-14)11-21(18,19)17-9-13(3)20-4/h5-8,12-13,16-17H,9-11H2,1-4H3. The van der Waals surface area contributed by atoms with Crippen molar-refractivity contribution in [1.82, 2.24) is 10.0 Å². The first kappa shape index (κ1) is 18.1. The van der Waals surface area contributed by atoms with E-state index in [-0.39, 0.29) is 18.4 Å². The molecule has 0 aliphatic heterocycles. The number of nitrogens with one attached hydrogen (secondary N) is 2. The quantitative estimate of drug-likeness (QED) is 0.727. The summed E-state index contributed by atoms with van der Waals surface area (Å²) in [4.78, 5) is 0. The van der Waals surface area contributed by atoms with E-state index in [0.717, 1.165) is 17.7 Å². The van der Waals surface area contributed by atoms with Crippen LogP contribution in [0.1, 0.15) is 31.9 Å². The van der Waals surface area contributed by atoms with Gasteiger partial charge in [-0.05, 0) is 18.1 Å². The maximum absolute atomic E-state index is 12.0. The van der Waals surface area contributed by atoms with Crippen molar-refractivity contribution < 1.29 is 13.2 Å². The maximum Gasteiger partial charge on any atom is 0.215 e. The van der Waals surface area contributed by atoms with Crippen LogP contribution in [0, 0.1) is 0 Å². The second-order valence-electron chi connectivity index (χ2n) is 5.51. The Morgan fingerprint density at radius 2 is 1.86 bits per heavy atom. The highest BCUT2D eigenvalue weighted by molar-refractivity contribution is 7.88. The summed E-state index contributed by atoms with van der Waals surface area (Å²) in [5.41, 5.74) is 1.87. The van der Waals surface area contributed by atoms with Crippen LogP contribution in [0.25, 0.3) is 0 Å². The van der Waals surface area contributed by atoms with Gasteiger partial charge >= 0.3 is 0 Å². The first-order chi connectivity index (χ1) is 9.82. The van der Waals surface area contributed by atoms with Gasteiger partial charge < -0.3 is 10.1 Å². The second-order valence-corrected chi connectivity index (χ2v) is 7.32. The average Bonchev–Trinajstić information content (AvgIpc) is 2.42. The summed E-state index contributed by atoms with van der Waals surface area (Å²) in [6.45, 7) is 7.00. The molecule has 1 atom stereocenters. The van der Waals surface area contributed by atoms with E-state index in [9.17, 15) is 8.42 Å². The molecule has 1 unspecified atom stereocenters. The fourth-order valence-electron chi connectivity index (χ4n) is 1.75. The largest absolute Gasteiger partial charge is 0.380 e. The summed E-state index contributed by atoms with van der Waals surface area (Å²) in [5, 5.41) is 3.32. The summed E-state index contributed by atoms with van der Waals surface area (Å²) >= 11 is 0. The number of rotatable bonds is 9. The van der Waals surface area contributed by atoms with Crippen LogP contribution >= 0.6 is 0 Å². The molecule has 1 rings (SSSR count). The molecule has 1 aromatic carbocycles. The number of methoxy groups -OCH3 is 1. The van der Waals surface area contributed by atoms with Gasteiger partial charge in [0.05, 0.1) is 11.9 Å². The normalized spacial score (nSPS) is 13.6. The molecule has 0 aliphatic rings. The molecule has 5 nitrogen and oxygen atoms in total. The minimum atomic E-state index is -3.34. The molecule has 0 radical (unpaired) electrons. The Kier molecular flexibility index (Phi) is 7.31. The smallest absolute Gasteiger partial charge is 0.215 e. The molecule has 21 heavy (non-hydrogen) atoms. The van der Waals surface area contributed by atoms with Gasteiger partial charge in [0.25, 0.3) is 0 Å². The van der Waals surface area contributed by atoms with Crippen molar-refractivity contribution in [2.24, 2.45) is 0 Å². The van der Waals surface area contributed by atoms with Crippen LogP contribution in [0.2, 0.25) is 0 Å². The molecular weight excluding hydrogens is 288 g/mol. The van der Waals surface area contributed by atoms with Crippen molar-refractivity contribution in [3.8, 4) is 0 Å². The van der Waals surface area contributed by atoms with Crippen molar-refractivity contribution in [3.05, 3.63) is 35.4 Å². The Hall–Kier alpha value is -0.950. The van der Waals surface area contributed by atoms with E-state index in [1.165, 1.54) is 0 Å². The molecule has 0 heterocycles. The van der Waals surface area contributed by atoms with Crippen LogP contribution < -0.4 is 10.0 Å². The summed E-state index contributed by atoms with van der Waals surface area (Å²) in [6.07, 6.45) is -0.138. The van der Waals surface area contributed by atoms with E-state index in [1.807, 2.05) is 31.2 Å². The number of benzene rings is 1. The Labute approximate surface area is 128 Å². The van der Waals surface area contributed by atoms with Crippen LogP contribution in [0.5, 0.6) is 0 Å². The highest BCUT2D eigenvalue weighted by atomic mass is 32.2. The van der Waals surface area contributed by atoms with Crippen molar-refractivity contribution in [2.75, 3.05) is 13.7 Å². The van der Waals surface area contributed by atoms with E-state index in [2.05, 4.69) is 23.9 Å². The second kappa shape index (κ2) is 8.48. The Morgan fingerprint density at radius 1 is 1.19 bits per heavy atom. The maximum atomic E-state index is 12.0. The molecule has 0 fully saturated rings. The molecule has 0 amide bonds. The highest BCUT2D eigenvalue weighted by Gasteiger charge is 2.13. The van der Waals surface area contributed by atoms with Crippen LogP contribution in [-0.2, 0) is 27.1 Å². The summed E-state index contributed by atoms with van der Waals surface area (Å²) in [6, 6.07) is 8.03. The number of hydrogen-bond acceptors (Lipinski definition) is 4. The minimum absolute atomic E-state index is 0.0149. The monoisotopic (exact) mass is 314 g/mol. The number of ether oxygens (including phenoxy) is 1. The molecule has 2 N–H and O–H groups in total. The summed E-state index contributed by atoms with van der Waals surface area (Å²) in [7, 11) is -1.78. The summed E-state index contributed by atoms with van der Waals surface area (Å²) in [5.74, 6) is -0.0149. The lowest BCUT2D eigenvalue weighted by Gasteiger charge is -2.12. The zero-order valence-electron chi connectivity index (χ0n) is 13.2.